The minimum atomic E-state index is -3.18. The molecule has 3 rings (SSSR count). The van der Waals surface area contributed by atoms with Gasteiger partial charge in [-0.2, -0.15) is 0 Å². The molecule has 0 unspecified atom stereocenters. The van der Waals surface area contributed by atoms with Crippen LogP contribution in [0.1, 0.15) is 64.4 Å². The highest BCUT2D eigenvalue weighted by molar-refractivity contribution is 7.89. The molecule has 1 fully saturated rings. The van der Waals surface area contributed by atoms with Crippen molar-refractivity contribution < 1.29 is 17.9 Å². The third kappa shape index (κ3) is 5.31. The summed E-state index contributed by atoms with van der Waals surface area (Å²) in [6.07, 6.45) is 3.14. The molecule has 2 aliphatic heterocycles. The lowest BCUT2D eigenvalue weighted by Gasteiger charge is -2.46. The molecule has 2 heterocycles. The first kappa shape index (κ1) is 22.1. The molecule has 0 bridgehead atoms. The second-order valence-electron chi connectivity index (χ2n) is 8.84. The van der Waals surface area contributed by atoms with Gasteiger partial charge in [0.1, 0.15) is 11.4 Å². The first-order valence-corrected chi connectivity index (χ1v) is 12.4. The third-order valence-corrected chi connectivity index (χ3v) is 8.01. The van der Waals surface area contributed by atoms with E-state index in [1.54, 1.807) is 4.31 Å². The molecule has 1 aromatic carbocycles. The van der Waals surface area contributed by atoms with E-state index in [0.717, 1.165) is 17.7 Å². The molecule has 29 heavy (non-hydrogen) atoms. The fraction of sp³-hybridized carbons (Fsp3) is 0.682. The highest BCUT2D eigenvalue weighted by Gasteiger charge is 2.45. The largest absolute Gasteiger partial charge is 0.487 e. The molecule has 1 N–H and O–H groups in total. The number of nitrogens with zero attached hydrogens (tertiary/aromatic N) is 1. The van der Waals surface area contributed by atoms with E-state index in [1.807, 2.05) is 31.2 Å². The molecule has 2 aliphatic rings. The molecule has 0 radical (unpaired) electrons. The summed E-state index contributed by atoms with van der Waals surface area (Å²) in [6.45, 7) is 7.70. The first-order chi connectivity index (χ1) is 13.7. The minimum Gasteiger partial charge on any atom is -0.487 e. The van der Waals surface area contributed by atoms with E-state index in [4.69, 9.17) is 4.74 Å². The number of hydrogen-bond acceptors (Lipinski definition) is 4. The Morgan fingerprint density at radius 1 is 1.28 bits per heavy atom. The first-order valence-electron chi connectivity index (χ1n) is 10.8. The Labute approximate surface area is 175 Å². The second kappa shape index (κ2) is 9.04. The Morgan fingerprint density at radius 3 is 2.62 bits per heavy atom. The molecule has 6 nitrogen and oxygen atoms in total. The summed E-state index contributed by atoms with van der Waals surface area (Å²) in [4.78, 5) is 12.5. The zero-order valence-corrected chi connectivity index (χ0v) is 18.6. The van der Waals surface area contributed by atoms with Gasteiger partial charge in [-0.3, -0.25) is 4.79 Å². The van der Waals surface area contributed by atoms with Crippen LogP contribution in [0, 0.1) is 5.92 Å². The van der Waals surface area contributed by atoms with Crippen molar-refractivity contribution in [3.8, 4) is 5.75 Å². The van der Waals surface area contributed by atoms with Gasteiger partial charge in [0.05, 0.1) is 5.75 Å². The summed E-state index contributed by atoms with van der Waals surface area (Å²) in [7, 11) is -3.18. The number of sulfonamides is 1. The predicted molar refractivity (Wildman–Crippen MR) is 115 cm³/mol. The summed E-state index contributed by atoms with van der Waals surface area (Å²) >= 11 is 0. The number of ether oxygens (including phenoxy) is 1. The van der Waals surface area contributed by atoms with Gasteiger partial charge in [-0.25, -0.2) is 12.7 Å². The van der Waals surface area contributed by atoms with Gasteiger partial charge in [0.15, 0.2) is 0 Å². The van der Waals surface area contributed by atoms with E-state index < -0.39 is 15.6 Å². The monoisotopic (exact) mass is 422 g/mol. The fourth-order valence-corrected chi connectivity index (χ4v) is 5.92. The minimum absolute atomic E-state index is 0.0681. The molecule has 1 amide bonds. The smallest absolute Gasteiger partial charge is 0.220 e. The lowest BCUT2D eigenvalue weighted by Crippen LogP contribution is -2.52. The van der Waals surface area contributed by atoms with Crippen LogP contribution < -0.4 is 10.1 Å². The maximum Gasteiger partial charge on any atom is 0.220 e. The van der Waals surface area contributed by atoms with Crippen LogP contribution in [-0.4, -0.2) is 49.6 Å². The number of rotatable bonds is 7. The van der Waals surface area contributed by atoms with Crippen LogP contribution in [0.3, 0.4) is 0 Å². The average Bonchev–Trinajstić information content (AvgIpc) is 2.66. The van der Waals surface area contributed by atoms with Gasteiger partial charge < -0.3 is 10.1 Å². The van der Waals surface area contributed by atoms with Crippen LogP contribution in [0.4, 0.5) is 0 Å². The standard InChI is InChI=1S/C22H34N2O4S/c1-4-13-29(26,27)24-11-9-22(10-12-24)15-18(14-21(25)23-16-17(2)3)19-7-5-6-8-20(19)28-22/h5-8,17-18H,4,9-16H2,1-3H3,(H,23,25)/t18-/m0/s1. The SMILES string of the molecule is CCCS(=O)(=O)N1CCC2(CC1)C[C@H](CC(=O)NCC(C)C)c1ccccc1O2. The zero-order chi connectivity index (χ0) is 21.1. The van der Waals surface area contributed by atoms with Crippen molar-refractivity contribution in [1.82, 2.24) is 9.62 Å². The number of fused-ring (bicyclic) bond motifs is 1. The topological polar surface area (TPSA) is 75.7 Å². The average molecular weight is 423 g/mol. The number of nitrogens with one attached hydrogen (secondary N) is 1. The van der Waals surface area contributed by atoms with E-state index in [2.05, 4.69) is 19.2 Å². The number of para-hydroxylation sites is 1. The Hall–Kier alpha value is -1.60. The van der Waals surface area contributed by atoms with Crippen LogP contribution in [0.25, 0.3) is 0 Å². The van der Waals surface area contributed by atoms with Gasteiger partial charge in [-0.05, 0) is 30.4 Å². The molecule has 0 aromatic heterocycles. The lowest BCUT2D eigenvalue weighted by molar-refractivity contribution is -0.122. The van der Waals surface area contributed by atoms with E-state index >= 15 is 0 Å². The van der Waals surface area contributed by atoms with Crippen LogP contribution in [0.15, 0.2) is 24.3 Å². The Bertz CT molecular complexity index is 814. The van der Waals surface area contributed by atoms with E-state index in [0.29, 0.717) is 51.2 Å². The molecule has 1 aromatic rings. The molecule has 1 saturated heterocycles. The van der Waals surface area contributed by atoms with Gasteiger partial charge >= 0.3 is 0 Å². The normalized spacial score (nSPS) is 21.6. The van der Waals surface area contributed by atoms with Crippen molar-refractivity contribution in [3.63, 3.8) is 0 Å². The van der Waals surface area contributed by atoms with Gasteiger partial charge in [-0.15, -0.1) is 0 Å². The van der Waals surface area contributed by atoms with Crippen molar-refractivity contribution in [3.05, 3.63) is 29.8 Å². The van der Waals surface area contributed by atoms with Crippen molar-refractivity contribution in [1.29, 1.82) is 0 Å². The van der Waals surface area contributed by atoms with Crippen LogP contribution in [-0.2, 0) is 14.8 Å². The molecule has 162 valence electrons. The molecular formula is C22H34N2O4S. The number of benzene rings is 1. The van der Waals surface area contributed by atoms with Crippen LogP contribution >= 0.6 is 0 Å². The van der Waals surface area contributed by atoms with E-state index in [-0.39, 0.29) is 17.6 Å². The van der Waals surface area contributed by atoms with Crippen molar-refractivity contribution in [2.24, 2.45) is 5.92 Å². The molecule has 1 atom stereocenters. The van der Waals surface area contributed by atoms with Gasteiger partial charge in [0, 0.05) is 44.8 Å². The van der Waals surface area contributed by atoms with Crippen molar-refractivity contribution in [2.45, 2.75) is 64.4 Å². The lowest BCUT2D eigenvalue weighted by atomic mass is 9.76. The summed E-state index contributed by atoms with van der Waals surface area (Å²) < 4.78 is 32.9. The fourth-order valence-electron chi connectivity index (χ4n) is 4.41. The van der Waals surface area contributed by atoms with Crippen LogP contribution in [0.5, 0.6) is 5.75 Å². The Kier molecular flexibility index (Phi) is 6.89. The highest BCUT2D eigenvalue weighted by Crippen LogP contribution is 2.46. The van der Waals surface area contributed by atoms with Crippen LogP contribution in [0.2, 0.25) is 0 Å². The third-order valence-electron chi connectivity index (χ3n) is 5.93. The number of carbonyl (C=O) groups is 1. The second-order valence-corrected chi connectivity index (χ2v) is 10.9. The van der Waals surface area contributed by atoms with Gasteiger partial charge in [0.2, 0.25) is 15.9 Å². The number of amides is 1. The molecule has 1 spiro atoms. The van der Waals surface area contributed by atoms with E-state index in [9.17, 15) is 13.2 Å². The maximum atomic E-state index is 12.5. The summed E-state index contributed by atoms with van der Waals surface area (Å²) in [6, 6.07) is 7.95. The zero-order valence-electron chi connectivity index (χ0n) is 17.8. The van der Waals surface area contributed by atoms with Crippen molar-refractivity contribution in [2.75, 3.05) is 25.4 Å². The number of piperidine rings is 1. The molecule has 0 aliphatic carbocycles. The molecular weight excluding hydrogens is 388 g/mol. The molecule has 0 saturated carbocycles. The van der Waals surface area contributed by atoms with Gasteiger partial charge in [-0.1, -0.05) is 39.0 Å². The highest BCUT2D eigenvalue weighted by atomic mass is 32.2. The quantitative estimate of drug-likeness (QED) is 0.732. The van der Waals surface area contributed by atoms with E-state index in [1.165, 1.54) is 0 Å². The van der Waals surface area contributed by atoms with Crippen molar-refractivity contribution >= 4 is 15.9 Å². The molecule has 7 heteroatoms. The van der Waals surface area contributed by atoms with Gasteiger partial charge in [0.25, 0.3) is 0 Å². The maximum absolute atomic E-state index is 12.5. The number of carbonyl (C=O) groups excluding carboxylic acids is 1. The Morgan fingerprint density at radius 2 is 1.97 bits per heavy atom. The predicted octanol–water partition coefficient (Wildman–Crippen LogP) is 3.29. The number of hydrogen-bond donors (Lipinski definition) is 1. The summed E-state index contributed by atoms with van der Waals surface area (Å²) in [5.41, 5.74) is 0.689. The Balaban J connectivity index is 1.73. The summed E-state index contributed by atoms with van der Waals surface area (Å²) in [5, 5.41) is 3.03. The summed E-state index contributed by atoms with van der Waals surface area (Å²) in [5.74, 6) is 1.61.